The van der Waals surface area contributed by atoms with Gasteiger partial charge in [-0.3, -0.25) is 0 Å². The molecule has 2 rings (SSSR count). The van der Waals surface area contributed by atoms with Crippen LogP contribution in [0.25, 0.3) is 11.3 Å². The Bertz CT molecular complexity index is 485. The lowest BCUT2D eigenvalue weighted by Gasteiger charge is -1.99. The number of nitrogens with zero attached hydrogens (tertiary/aromatic N) is 1. The molecule has 3 nitrogen and oxygen atoms in total. The van der Waals surface area contributed by atoms with Crippen molar-refractivity contribution in [2.75, 3.05) is 0 Å². The van der Waals surface area contributed by atoms with Gasteiger partial charge in [0.1, 0.15) is 5.82 Å². The Balaban J connectivity index is 2.44. The van der Waals surface area contributed by atoms with E-state index in [0.717, 1.165) is 27.8 Å². The lowest BCUT2D eigenvalue weighted by molar-refractivity contribution is 0.754. The molecule has 0 radical (unpaired) electrons. The number of benzene rings is 1. The minimum Gasteiger partial charge on any atom is -0.344 e. The number of hydrogen-bond donors (Lipinski definition) is 2. The Morgan fingerprint density at radius 1 is 1.31 bits per heavy atom. The second-order valence-corrected chi connectivity index (χ2v) is 4.33. The molecule has 1 aromatic heterocycles. The topological polar surface area (TPSA) is 54.7 Å². The predicted molar refractivity (Wildman–Crippen MR) is 66.4 cm³/mol. The average molecular weight is 236 g/mol. The summed E-state index contributed by atoms with van der Waals surface area (Å²) in [4.78, 5) is 7.67. The van der Waals surface area contributed by atoms with Crippen LogP contribution < -0.4 is 5.73 Å². The first-order chi connectivity index (χ1) is 7.58. The molecule has 0 aliphatic carbocycles. The molecule has 0 fully saturated rings. The van der Waals surface area contributed by atoms with Gasteiger partial charge in [0.25, 0.3) is 0 Å². The van der Waals surface area contributed by atoms with Crippen LogP contribution in [0.3, 0.4) is 0 Å². The first kappa shape index (κ1) is 11.2. The van der Waals surface area contributed by atoms with Crippen LogP contribution in [-0.4, -0.2) is 9.97 Å². The van der Waals surface area contributed by atoms with Crippen molar-refractivity contribution in [1.82, 2.24) is 9.97 Å². The molecule has 0 spiro atoms. The van der Waals surface area contributed by atoms with Gasteiger partial charge in [-0.1, -0.05) is 23.7 Å². The highest BCUT2D eigenvalue weighted by Gasteiger charge is 2.10. The van der Waals surface area contributed by atoms with E-state index in [2.05, 4.69) is 9.97 Å². The van der Waals surface area contributed by atoms with Crippen molar-refractivity contribution >= 4 is 11.6 Å². The molecule has 0 aliphatic heterocycles. The lowest BCUT2D eigenvalue weighted by atomic mass is 10.1. The zero-order valence-electron chi connectivity index (χ0n) is 9.29. The Morgan fingerprint density at radius 2 is 1.94 bits per heavy atom. The van der Waals surface area contributed by atoms with Crippen molar-refractivity contribution in [2.24, 2.45) is 5.73 Å². The summed E-state index contributed by atoms with van der Waals surface area (Å²) in [6.07, 6.45) is 0. The molecule has 16 heavy (non-hydrogen) atoms. The normalized spacial score (nSPS) is 12.8. The van der Waals surface area contributed by atoms with Gasteiger partial charge < -0.3 is 10.7 Å². The van der Waals surface area contributed by atoms with E-state index in [1.54, 1.807) is 0 Å². The van der Waals surface area contributed by atoms with Crippen LogP contribution in [0.5, 0.6) is 0 Å². The molecule has 0 saturated heterocycles. The van der Waals surface area contributed by atoms with Crippen LogP contribution in [-0.2, 0) is 0 Å². The molecular formula is C12H14ClN3. The fourth-order valence-corrected chi connectivity index (χ4v) is 1.71. The van der Waals surface area contributed by atoms with E-state index in [-0.39, 0.29) is 6.04 Å². The highest BCUT2D eigenvalue weighted by molar-refractivity contribution is 6.30. The molecule has 1 aromatic carbocycles. The Hall–Kier alpha value is -1.32. The van der Waals surface area contributed by atoms with Crippen LogP contribution in [0, 0.1) is 6.92 Å². The molecule has 0 bridgehead atoms. The summed E-state index contributed by atoms with van der Waals surface area (Å²) in [5.74, 6) is 0.808. The van der Waals surface area contributed by atoms with Crippen LogP contribution in [0.1, 0.15) is 24.5 Å². The van der Waals surface area contributed by atoms with Gasteiger partial charge in [-0.2, -0.15) is 0 Å². The van der Waals surface area contributed by atoms with Gasteiger partial charge in [0.15, 0.2) is 0 Å². The molecular weight excluding hydrogens is 222 g/mol. The van der Waals surface area contributed by atoms with E-state index < -0.39 is 0 Å². The van der Waals surface area contributed by atoms with Crippen molar-refractivity contribution < 1.29 is 0 Å². The van der Waals surface area contributed by atoms with E-state index in [0.29, 0.717) is 0 Å². The number of aryl methyl sites for hydroxylation is 1. The standard InChI is InChI=1S/C12H14ClN3/c1-7(14)12-15-8(2)11(16-12)9-3-5-10(13)6-4-9/h3-7H,14H2,1-2H3,(H,15,16). The first-order valence-corrected chi connectivity index (χ1v) is 5.53. The van der Waals surface area contributed by atoms with Gasteiger partial charge >= 0.3 is 0 Å². The zero-order valence-corrected chi connectivity index (χ0v) is 10.0. The molecule has 0 amide bonds. The summed E-state index contributed by atoms with van der Waals surface area (Å²) in [6.45, 7) is 3.90. The van der Waals surface area contributed by atoms with Gasteiger partial charge in [-0.15, -0.1) is 0 Å². The third kappa shape index (κ3) is 2.10. The minimum absolute atomic E-state index is 0.0836. The van der Waals surface area contributed by atoms with E-state index in [9.17, 15) is 0 Å². The van der Waals surface area contributed by atoms with Crippen molar-refractivity contribution in [3.8, 4) is 11.3 Å². The third-order valence-electron chi connectivity index (χ3n) is 2.45. The number of nitrogens with one attached hydrogen (secondary N) is 1. The molecule has 4 heteroatoms. The largest absolute Gasteiger partial charge is 0.344 e. The Labute approximate surface area is 99.7 Å². The number of imidazole rings is 1. The summed E-state index contributed by atoms with van der Waals surface area (Å²) >= 11 is 5.85. The van der Waals surface area contributed by atoms with Crippen molar-refractivity contribution in [2.45, 2.75) is 19.9 Å². The van der Waals surface area contributed by atoms with Crippen molar-refractivity contribution in [3.05, 3.63) is 40.8 Å². The quantitative estimate of drug-likeness (QED) is 0.841. The van der Waals surface area contributed by atoms with Gasteiger partial charge in [-0.05, 0) is 26.0 Å². The second-order valence-electron chi connectivity index (χ2n) is 3.89. The molecule has 1 unspecified atom stereocenters. The number of aromatic nitrogens is 2. The van der Waals surface area contributed by atoms with E-state index in [1.807, 2.05) is 38.1 Å². The van der Waals surface area contributed by atoms with Crippen LogP contribution >= 0.6 is 11.6 Å². The number of H-pyrrole nitrogens is 1. The van der Waals surface area contributed by atoms with Gasteiger partial charge in [0, 0.05) is 16.3 Å². The summed E-state index contributed by atoms with van der Waals surface area (Å²) in [5.41, 5.74) is 8.79. The molecule has 0 saturated carbocycles. The number of hydrogen-bond acceptors (Lipinski definition) is 2. The Morgan fingerprint density at radius 3 is 2.44 bits per heavy atom. The van der Waals surface area contributed by atoms with Crippen LogP contribution in [0.2, 0.25) is 5.02 Å². The molecule has 1 heterocycles. The minimum atomic E-state index is -0.0836. The average Bonchev–Trinajstić information content (AvgIpc) is 2.62. The summed E-state index contributed by atoms with van der Waals surface area (Å²) < 4.78 is 0. The fourth-order valence-electron chi connectivity index (χ4n) is 1.59. The summed E-state index contributed by atoms with van der Waals surface area (Å²) in [7, 11) is 0. The van der Waals surface area contributed by atoms with Gasteiger partial charge in [-0.25, -0.2) is 4.98 Å². The molecule has 1 atom stereocenters. The number of rotatable bonds is 2. The van der Waals surface area contributed by atoms with Crippen LogP contribution in [0.15, 0.2) is 24.3 Å². The molecule has 3 N–H and O–H groups in total. The SMILES string of the molecule is Cc1[nH]c(C(C)N)nc1-c1ccc(Cl)cc1. The molecule has 84 valence electrons. The van der Waals surface area contributed by atoms with Crippen LogP contribution in [0.4, 0.5) is 0 Å². The highest BCUT2D eigenvalue weighted by Crippen LogP contribution is 2.24. The zero-order chi connectivity index (χ0) is 11.7. The Kier molecular flexibility index (Phi) is 2.99. The smallest absolute Gasteiger partial charge is 0.123 e. The maximum absolute atomic E-state index is 5.85. The fraction of sp³-hybridized carbons (Fsp3) is 0.250. The van der Waals surface area contributed by atoms with Gasteiger partial charge in [0.05, 0.1) is 11.7 Å². The van der Waals surface area contributed by atoms with E-state index in [4.69, 9.17) is 17.3 Å². The third-order valence-corrected chi connectivity index (χ3v) is 2.70. The maximum atomic E-state index is 5.85. The van der Waals surface area contributed by atoms with Crippen molar-refractivity contribution in [1.29, 1.82) is 0 Å². The second kappa shape index (κ2) is 4.28. The van der Waals surface area contributed by atoms with Gasteiger partial charge in [0.2, 0.25) is 0 Å². The number of nitrogens with two attached hydrogens (primary N) is 1. The summed E-state index contributed by atoms with van der Waals surface area (Å²) in [6, 6.07) is 7.54. The highest BCUT2D eigenvalue weighted by atomic mass is 35.5. The lowest BCUT2D eigenvalue weighted by Crippen LogP contribution is -2.06. The summed E-state index contributed by atoms with van der Waals surface area (Å²) in [5, 5.41) is 0.726. The first-order valence-electron chi connectivity index (χ1n) is 5.16. The number of aromatic amines is 1. The number of halogens is 1. The van der Waals surface area contributed by atoms with E-state index in [1.165, 1.54) is 0 Å². The predicted octanol–water partition coefficient (Wildman–Crippen LogP) is 3.06. The van der Waals surface area contributed by atoms with E-state index >= 15 is 0 Å². The molecule has 0 aliphatic rings. The maximum Gasteiger partial charge on any atom is 0.123 e. The molecule has 2 aromatic rings. The monoisotopic (exact) mass is 235 g/mol. The van der Waals surface area contributed by atoms with Crippen molar-refractivity contribution in [3.63, 3.8) is 0 Å².